The lowest BCUT2D eigenvalue weighted by molar-refractivity contribution is -0.137. The van der Waals surface area contributed by atoms with Gasteiger partial charge in [-0.25, -0.2) is 0 Å². The number of ether oxygens (including phenoxy) is 1. The highest BCUT2D eigenvalue weighted by Crippen LogP contribution is 2.10. The zero-order valence-electron chi connectivity index (χ0n) is 10.1. The highest BCUT2D eigenvalue weighted by molar-refractivity contribution is 7.80. The number of thiocarbonyl (C=S) groups is 1. The van der Waals surface area contributed by atoms with Crippen LogP contribution in [-0.4, -0.2) is 41.0 Å². The lowest BCUT2D eigenvalue weighted by Crippen LogP contribution is -2.53. The zero-order chi connectivity index (χ0) is 12.9. The molecule has 6 nitrogen and oxygen atoms in total. The molecule has 1 rings (SSSR count). The summed E-state index contributed by atoms with van der Waals surface area (Å²) in [7, 11) is 0. The van der Waals surface area contributed by atoms with Gasteiger partial charge in [-0.15, -0.1) is 0 Å². The number of aliphatic hydroxyl groups is 1. The van der Waals surface area contributed by atoms with Gasteiger partial charge >= 0.3 is 0 Å². The lowest BCUT2D eigenvalue weighted by Gasteiger charge is -2.19. The van der Waals surface area contributed by atoms with Crippen LogP contribution in [0.2, 0.25) is 0 Å². The van der Waals surface area contributed by atoms with Crippen molar-refractivity contribution in [1.82, 2.24) is 16.2 Å². The summed E-state index contributed by atoms with van der Waals surface area (Å²) in [5.74, 6) is -0.543. The fourth-order valence-electron chi connectivity index (χ4n) is 1.32. The molecule has 4 N–H and O–H groups in total. The van der Waals surface area contributed by atoms with Crippen LogP contribution < -0.4 is 16.2 Å². The second-order valence-corrected chi connectivity index (χ2v) is 4.89. The monoisotopic (exact) mass is 261 g/mol. The highest BCUT2D eigenvalue weighted by Gasteiger charge is 2.23. The summed E-state index contributed by atoms with van der Waals surface area (Å²) in [5, 5.41) is 12.6. The third kappa shape index (κ3) is 5.29. The molecule has 0 bridgehead atoms. The van der Waals surface area contributed by atoms with E-state index in [2.05, 4.69) is 16.2 Å². The van der Waals surface area contributed by atoms with Gasteiger partial charge < -0.3 is 15.2 Å². The Morgan fingerprint density at radius 2 is 2.24 bits per heavy atom. The molecular formula is C10H19N3O3S. The van der Waals surface area contributed by atoms with Gasteiger partial charge in [0.1, 0.15) is 5.60 Å². The third-order valence-corrected chi connectivity index (χ3v) is 2.61. The molecule has 0 aromatic carbocycles. The molecule has 0 saturated carbocycles. The van der Waals surface area contributed by atoms with Crippen LogP contribution in [0.15, 0.2) is 0 Å². The van der Waals surface area contributed by atoms with E-state index in [9.17, 15) is 9.90 Å². The molecule has 7 heteroatoms. The Balaban J connectivity index is 2.14. The van der Waals surface area contributed by atoms with E-state index in [-0.39, 0.29) is 6.10 Å². The maximum atomic E-state index is 11.3. The van der Waals surface area contributed by atoms with Gasteiger partial charge in [0.2, 0.25) is 0 Å². The standard InChI is InChI=1S/C10H19N3O3S/c1-10(2,15)8(14)12-13-9(17)11-6-7-4-3-5-16-7/h7,15H,3-6H2,1-2H3,(H,12,14)(H2,11,13,17)/t7-/m1/s1. The molecule has 1 amide bonds. The molecule has 1 fully saturated rings. The van der Waals surface area contributed by atoms with Gasteiger partial charge in [0.05, 0.1) is 6.10 Å². The third-order valence-electron chi connectivity index (χ3n) is 2.36. The van der Waals surface area contributed by atoms with Gasteiger partial charge in [-0.05, 0) is 38.9 Å². The van der Waals surface area contributed by atoms with Crippen LogP contribution >= 0.6 is 12.2 Å². The molecule has 0 aromatic heterocycles. The predicted molar refractivity (Wildman–Crippen MR) is 67.2 cm³/mol. The Bertz CT molecular complexity index is 285. The predicted octanol–water partition coefficient (Wildman–Crippen LogP) is -0.568. The molecule has 1 saturated heterocycles. The fraction of sp³-hybridized carbons (Fsp3) is 0.800. The van der Waals surface area contributed by atoms with E-state index in [1.807, 2.05) is 0 Å². The minimum atomic E-state index is -1.43. The van der Waals surface area contributed by atoms with Crippen molar-refractivity contribution in [3.05, 3.63) is 0 Å². The average molecular weight is 261 g/mol. The van der Waals surface area contributed by atoms with E-state index >= 15 is 0 Å². The van der Waals surface area contributed by atoms with Gasteiger partial charge in [-0.3, -0.25) is 15.6 Å². The molecule has 1 atom stereocenters. The normalized spacial score (nSPS) is 19.8. The molecule has 1 aliphatic heterocycles. The SMILES string of the molecule is CC(C)(O)C(=O)NNC(=S)NC[C@H]1CCCO1. The molecule has 1 aliphatic rings. The number of carbonyl (C=O) groups excluding carboxylic acids is 1. The van der Waals surface area contributed by atoms with E-state index in [0.717, 1.165) is 19.4 Å². The van der Waals surface area contributed by atoms with E-state index in [0.29, 0.717) is 11.7 Å². The molecular weight excluding hydrogens is 242 g/mol. The second kappa shape index (κ2) is 6.13. The topological polar surface area (TPSA) is 82.6 Å². The Kier molecular flexibility index (Phi) is 5.10. The Hall–Kier alpha value is -0.920. The van der Waals surface area contributed by atoms with Crippen LogP contribution in [0, 0.1) is 0 Å². The van der Waals surface area contributed by atoms with Gasteiger partial charge in [-0.2, -0.15) is 0 Å². The molecule has 0 radical (unpaired) electrons. The van der Waals surface area contributed by atoms with Gasteiger partial charge in [0.15, 0.2) is 5.11 Å². The molecule has 0 unspecified atom stereocenters. The zero-order valence-corrected chi connectivity index (χ0v) is 10.9. The summed E-state index contributed by atoms with van der Waals surface area (Å²) in [4.78, 5) is 11.3. The first-order valence-corrected chi connectivity index (χ1v) is 5.98. The Labute approximate surface area is 106 Å². The molecule has 0 aromatic rings. The van der Waals surface area contributed by atoms with Crippen molar-refractivity contribution in [3.8, 4) is 0 Å². The van der Waals surface area contributed by atoms with Crippen LogP contribution in [0.25, 0.3) is 0 Å². The van der Waals surface area contributed by atoms with Crippen molar-refractivity contribution in [2.45, 2.75) is 38.4 Å². The van der Waals surface area contributed by atoms with Crippen molar-refractivity contribution in [2.24, 2.45) is 0 Å². The van der Waals surface area contributed by atoms with Crippen molar-refractivity contribution in [3.63, 3.8) is 0 Å². The van der Waals surface area contributed by atoms with Crippen molar-refractivity contribution in [1.29, 1.82) is 0 Å². The summed E-state index contributed by atoms with van der Waals surface area (Å²) >= 11 is 4.96. The average Bonchev–Trinajstić information content (AvgIpc) is 2.74. The smallest absolute Gasteiger partial charge is 0.269 e. The van der Waals surface area contributed by atoms with Crippen LogP contribution in [-0.2, 0) is 9.53 Å². The summed E-state index contributed by atoms with van der Waals surface area (Å²) in [6.07, 6.45) is 2.27. The number of rotatable bonds is 3. The van der Waals surface area contributed by atoms with E-state index in [1.165, 1.54) is 13.8 Å². The minimum Gasteiger partial charge on any atom is -0.381 e. The van der Waals surface area contributed by atoms with Gasteiger partial charge in [0, 0.05) is 13.2 Å². The van der Waals surface area contributed by atoms with Crippen LogP contribution in [0.4, 0.5) is 0 Å². The lowest BCUT2D eigenvalue weighted by atomic mass is 10.1. The first-order chi connectivity index (χ1) is 7.89. The van der Waals surface area contributed by atoms with Crippen molar-refractivity contribution in [2.75, 3.05) is 13.2 Å². The van der Waals surface area contributed by atoms with Crippen LogP contribution in [0.3, 0.4) is 0 Å². The highest BCUT2D eigenvalue weighted by atomic mass is 32.1. The maximum absolute atomic E-state index is 11.3. The first kappa shape index (κ1) is 14.1. The molecule has 0 spiro atoms. The second-order valence-electron chi connectivity index (χ2n) is 4.48. The van der Waals surface area contributed by atoms with E-state index in [1.54, 1.807) is 0 Å². The van der Waals surface area contributed by atoms with Crippen LogP contribution in [0.5, 0.6) is 0 Å². The molecule has 0 aliphatic carbocycles. The van der Waals surface area contributed by atoms with Gasteiger partial charge in [-0.1, -0.05) is 0 Å². The largest absolute Gasteiger partial charge is 0.381 e. The van der Waals surface area contributed by atoms with Crippen molar-refractivity contribution >= 4 is 23.2 Å². The summed E-state index contributed by atoms with van der Waals surface area (Å²) in [5.41, 5.74) is 3.40. The summed E-state index contributed by atoms with van der Waals surface area (Å²) in [6, 6.07) is 0. The number of hydrazine groups is 1. The summed E-state index contributed by atoms with van der Waals surface area (Å²) < 4.78 is 5.41. The molecule has 98 valence electrons. The first-order valence-electron chi connectivity index (χ1n) is 5.58. The Morgan fingerprint density at radius 1 is 1.53 bits per heavy atom. The number of amides is 1. The Morgan fingerprint density at radius 3 is 2.76 bits per heavy atom. The van der Waals surface area contributed by atoms with E-state index in [4.69, 9.17) is 17.0 Å². The quantitative estimate of drug-likeness (QED) is 0.402. The fourth-order valence-corrected chi connectivity index (χ4v) is 1.46. The maximum Gasteiger partial charge on any atom is 0.269 e. The number of nitrogens with one attached hydrogen (secondary N) is 3. The van der Waals surface area contributed by atoms with Crippen molar-refractivity contribution < 1.29 is 14.6 Å². The summed E-state index contributed by atoms with van der Waals surface area (Å²) in [6.45, 7) is 4.20. The van der Waals surface area contributed by atoms with E-state index < -0.39 is 11.5 Å². The number of hydrogen-bond donors (Lipinski definition) is 4. The molecule has 1 heterocycles. The number of hydrogen-bond acceptors (Lipinski definition) is 4. The number of carbonyl (C=O) groups is 1. The minimum absolute atomic E-state index is 0.180. The molecule has 17 heavy (non-hydrogen) atoms. The van der Waals surface area contributed by atoms with Crippen LogP contribution in [0.1, 0.15) is 26.7 Å². The van der Waals surface area contributed by atoms with Gasteiger partial charge in [0.25, 0.3) is 5.91 Å².